The molecule has 9 nitrogen and oxygen atoms in total. The normalized spacial score (nSPS) is 17.2. The van der Waals surface area contributed by atoms with E-state index in [0.29, 0.717) is 12.5 Å². The fourth-order valence-corrected chi connectivity index (χ4v) is 5.56. The van der Waals surface area contributed by atoms with Gasteiger partial charge in [0, 0.05) is 33.2 Å². The number of carbonyl (C=O) groups is 2. The van der Waals surface area contributed by atoms with Crippen molar-refractivity contribution in [2.24, 2.45) is 5.92 Å². The summed E-state index contributed by atoms with van der Waals surface area (Å²) in [5.41, 5.74) is -0.511. The van der Waals surface area contributed by atoms with Crippen molar-refractivity contribution in [2.45, 2.75) is 51.8 Å². The number of benzene rings is 1. The molecule has 0 bridgehead atoms. The number of alkyl halides is 3. The summed E-state index contributed by atoms with van der Waals surface area (Å²) in [5.74, 6) is -1.06. The van der Waals surface area contributed by atoms with Crippen LogP contribution in [0.1, 0.15) is 57.2 Å². The van der Waals surface area contributed by atoms with Crippen LogP contribution in [0, 0.1) is 5.92 Å². The first-order valence-corrected chi connectivity index (χ1v) is 13.7. The molecule has 0 unspecified atom stereocenters. The standard InChI is InChI=1S/C23H32F3N3O6S.H2/c1-2-15-36(32,33)27-19-8-7-18(16-20(19)35-23(24,25)26)21(30)28-10-12-29(13-11-28)22(31)34-14-9-17-5-3-4-6-17;/h7-8,16-17,27H,2-6,9-15H2,1H3;1H. The number of nitrogens with one attached hydrogen (secondary N) is 1. The maximum Gasteiger partial charge on any atom is 0.573 e. The number of amides is 2. The van der Waals surface area contributed by atoms with E-state index < -0.39 is 39.8 Å². The van der Waals surface area contributed by atoms with Crippen molar-refractivity contribution in [2.75, 3.05) is 43.3 Å². The Kier molecular flexibility index (Phi) is 9.31. The smallest absolute Gasteiger partial charge is 0.449 e. The van der Waals surface area contributed by atoms with E-state index in [4.69, 9.17) is 4.74 Å². The molecular formula is C23H34F3N3O6S. The van der Waals surface area contributed by atoms with Gasteiger partial charge >= 0.3 is 12.5 Å². The van der Waals surface area contributed by atoms with Crippen LogP contribution < -0.4 is 9.46 Å². The second-order valence-corrected chi connectivity index (χ2v) is 10.9. The van der Waals surface area contributed by atoms with Gasteiger partial charge in [-0.3, -0.25) is 9.52 Å². The summed E-state index contributed by atoms with van der Waals surface area (Å²) in [6.45, 7) is 2.79. The van der Waals surface area contributed by atoms with Crippen LogP contribution in [0.3, 0.4) is 0 Å². The minimum absolute atomic E-state index is 0. The largest absolute Gasteiger partial charge is 0.573 e. The van der Waals surface area contributed by atoms with Crippen molar-refractivity contribution in [1.82, 2.24) is 9.80 Å². The van der Waals surface area contributed by atoms with Crippen molar-refractivity contribution in [3.05, 3.63) is 23.8 Å². The van der Waals surface area contributed by atoms with E-state index in [1.54, 1.807) is 6.92 Å². The molecule has 1 aliphatic carbocycles. The molecule has 0 spiro atoms. The van der Waals surface area contributed by atoms with Crippen LogP contribution >= 0.6 is 0 Å². The Morgan fingerprint density at radius 1 is 1.11 bits per heavy atom. The highest BCUT2D eigenvalue weighted by molar-refractivity contribution is 7.92. The fraction of sp³-hybridized carbons (Fsp3) is 0.652. The average Bonchev–Trinajstić information content (AvgIpc) is 3.32. The molecule has 0 aromatic heterocycles. The monoisotopic (exact) mass is 537 g/mol. The summed E-state index contributed by atoms with van der Waals surface area (Å²) in [6, 6.07) is 3.17. The predicted octanol–water partition coefficient (Wildman–Crippen LogP) is 4.46. The number of halogens is 3. The van der Waals surface area contributed by atoms with E-state index >= 15 is 0 Å². The molecule has 0 atom stereocenters. The lowest BCUT2D eigenvalue weighted by atomic mass is 10.1. The number of carbonyl (C=O) groups excluding carboxylic acids is 2. The minimum atomic E-state index is -5.09. The Hall–Kier alpha value is -2.70. The number of hydrogen-bond donors (Lipinski definition) is 1. The number of hydrogen-bond acceptors (Lipinski definition) is 6. The Balaban J connectivity index is 0.00000481. The molecule has 13 heteroatoms. The number of nitrogens with zero attached hydrogens (tertiary/aromatic N) is 2. The summed E-state index contributed by atoms with van der Waals surface area (Å²) >= 11 is 0. The summed E-state index contributed by atoms with van der Waals surface area (Å²) < 4.78 is 74.3. The molecule has 1 N–H and O–H groups in total. The Bertz CT molecular complexity index is 1030. The van der Waals surface area contributed by atoms with E-state index in [1.807, 2.05) is 0 Å². The first-order valence-electron chi connectivity index (χ1n) is 12.1. The highest BCUT2D eigenvalue weighted by Crippen LogP contribution is 2.33. The zero-order chi connectivity index (χ0) is 26.3. The van der Waals surface area contributed by atoms with Gasteiger partial charge in [0.15, 0.2) is 5.75 Å². The highest BCUT2D eigenvalue weighted by Gasteiger charge is 2.34. The first kappa shape index (κ1) is 27.9. The summed E-state index contributed by atoms with van der Waals surface area (Å²) in [4.78, 5) is 28.2. The Labute approximate surface area is 210 Å². The number of sulfonamides is 1. The second kappa shape index (κ2) is 12.0. The zero-order valence-corrected chi connectivity index (χ0v) is 21.0. The van der Waals surface area contributed by atoms with Gasteiger partial charge in [0.25, 0.3) is 5.91 Å². The van der Waals surface area contributed by atoms with Crippen LogP contribution in [0.25, 0.3) is 0 Å². The average molecular weight is 538 g/mol. The minimum Gasteiger partial charge on any atom is -0.449 e. The molecule has 2 fully saturated rings. The third kappa shape index (κ3) is 8.17. The molecule has 204 valence electrons. The van der Waals surface area contributed by atoms with Gasteiger partial charge in [0.2, 0.25) is 10.0 Å². The number of rotatable bonds is 9. The van der Waals surface area contributed by atoms with Gasteiger partial charge in [-0.15, -0.1) is 13.2 Å². The van der Waals surface area contributed by atoms with Gasteiger partial charge < -0.3 is 19.3 Å². The highest BCUT2D eigenvalue weighted by atomic mass is 32.2. The Morgan fingerprint density at radius 2 is 1.75 bits per heavy atom. The van der Waals surface area contributed by atoms with Crippen LogP contribution in [0.2, 0.25) is 0 Å². The molecule has 3 rings (SSSR count). The molecule has 1 heterocycles. The van der Waals surface area contributed by atoms with Crippen LogP contribution in [0.4, 0.5) is 23.7 Å². The molecule has 36 heavy (non-hydrogen) atoms. The lowest BCUT2D eigenvalue weighted by Gasteiger charge is -2.34. The van der Waals surface area contributed by atoms with Gasteiger partial charge in [0.1, 0.15) is 0 Å². The predicted molar refractivity (Wildman–Crippen MR) is 128 cm³/mol. The molecule has 2 aliphatic rings. The van der Waals surface area contributed by atoms with Gasteiger partial charge in [-0.25, -0.2) is 13.2 Å². The van der Waals surface area contributed by atoms with Crippen molar-refractivity contribution >= 4 is 27.7 Å². The molecule has 1 saturated carbocycles. The summed E-state index contributed by atoms with van der Waals surface area (Å²) in [7, 11) is -3.88. The third-order valence-corrected chi connectivity index (χ3v) is 7.72. The van der Waals surface area contributed by atoms with Crippen molar-refractivity contribution < 1.29 is 42.1 Å². The van der Waals surface area contributed by atoms with Gasteiger partial charge in [-0.05, 0) is 37.0 Å². The van der Waals surface area contributed by atoms with Crippen LogP contribution in [-0.4, -0.2) is 75.1 Å². The zero-order valence-electron chi connectivity index (χ0n) is 20.2. The van der Waals surface area contributed by atoms with E-state index in [9.17, 15) is 31.2 Å². The lowest BCUT2D eigenvalue weighted by Crippen LogP contribution is -2.50. The van der Waals surface area contributed by atoms with E-state index in [0.717, 1.165) is 18.6 Å². The van der Waals surface area contributed by atoms with E-state index in [-0.39, 0.29) is 45.3 Å². The maximum atomic E-state index is 12.9. The fourth-order valence-electron chi connectivity index (χ4n) is 4.41. The topological polar surface area (TPSA) is 105 Å². The number of piperazine rings is 1. The Morgan fingerprint density at radius 3 is 2.36 bits per heavy atom. The molecule has 1 aliphatic heterocycles. The molecular weight excluding hydrogens is 503 g/mol. The van der Waals surface area contributed by atoms with Crippen molar-refractivity contribution in [3.63, 3.8) is 0 Å². The molecule has 1 aromatic carbocycles. The summed E-state index contributed by atoms with van der Waals surface area (Å²) in [6.07, 6.45) is 0.351. The van der Waals surface area contributed by atoms with Gasteiger partial charge in [0.05, 0.1) is 18.0 Å². The first-order chi connectivity index (χ1) is 17.0. The van der Waals surface area contributed by atoms with Gasteiger partial charge in [-0.1, -0.05) is 32.6 Å². The molecule has 2 amide bonds. The lowest BCUT2D eigenvalue weighted by molar-refractivity contribution is -0.274. The maximum absolute atomic E-state index is 12.9. The van der Waals surface area contributed by atoms with Gasteiger partial charge in [-0.2, -0.15) is 0 Å². The SMILES string of the molecule is CCCS(=O)(=O)Nc1ccc(C(=O)N2CCN(C(=O)OCCC3CCCC3)CC2)cc1OC(F)(F)F.[HH]. The van der Waals surface area contributed by atoms with Crippen molar-refractivity contribution in [1.29, 1.82) is 0 Å². The number of anilines is 1. The molecule has 1 saturated heterocycles. The van der Waals surface area contributed by atoms with Crippen LogP contribution in [0.15, 0.2) is 18.2 Å². The van der Waals surface area contributed by atoms with Crippen LogP contribution in [-0.2, 0) is 14.8 Å². The van der Waals surface area contributed by atoms with Crippen LogP contribution in [0.5, 0.6) is 5.75 Å². The van der Waals surface area contributed by atoms with E-state index in [2.05, 4.69) is 9.46 Å². The molecule has 0 radical (unpaired) electrons. The number of ether oxygens (including phenoxy) is 2. The third-order valence-electron chi connectivity index (χ3n) is 6.24. The van der Waals surface area contributed by atoms with E-state index in [1.165, 1.54) is 41.5 Å². The quantitative estimate of drug-likeness (QED) is 0.499. The van der Waals surface area contributed by atoms with Crippen molar-refractivity contribution in [3.8, 4) is 5.75 Å². The molecule has 1 aromatic rings. The second-order valence-electron chi connectivity index (χ2n) is 9.01. The summed E-state index contributed by atoms with van der Waals surface area (Å²) in [5, 5.41) is 0.